The second kappa shape index (κ2) is 10.0. The summed E-state index contributed by atoms with van der Waals surface area (Å²) >= 11 is 0. The Labute approximate surface area is 188 Å². The summed E-state index contributed by atoms with van der Waals surface area (Å²) in [5, 5.41) is 4.39. The second-order valence-electron chi connectivity index (χ2n) is 7.79. The van der Waals surface area contributed by atoms with Crippen LogP contribution in [0.15, 0.2) is 89.7 Å². The van der Waals surface area contributed by atoms with Gasteiger partial charge in [0.15, 0.2) is 12.4 Å². The molecule has 0 aliphatic rings. The third-order valence-electron chi connectivity index (χ3n) is 5.55. The van der Waals surface area contributed by atoms with Gasteiger partial charge >= 0.3 is 0 Å². The molecule has 0 saturated heterocycles. The molecule has 0 fully saturated rings. The molecule has 1 amide bonds. The van der Waals surface area contributed by atoms with Gasteiger partial charge in [-0.15, -0.1) is 0 Å². The van der Waals surface area contributed by atoms with E-state index in [9.17, 15) is 4.79 Å². The summed E-state index contributed by atoms with van der Waals surface area (Å²) in [6.07, 6.45) is 5.03. The number of hydrogen-bond acceptors (Lipinski definition) is 4. The number of nitrogens with zero attached hydrogens (tertiary/aromatic N) is 3. The molecule has 1 atom stereocenters. The fourth-order valence-corrected chi connectivity index (χ4v) is 3.44. The van der Waals surface area contributed by atoms with Crippen molar-refractivity contribution in [2.75, 3.05) is 7.05 Å². The highest BCUT2D eigenvalue weighted by Crippen LogP contribution is 2.22. The number of hydrogen-bond donors (Lipinski definition) is 0. The lowest BCUT2D eigenvalue weighted by Crippen LogP contribution is -2.35. The van der Waals surface area contributed by atoms with E-state index in [4.69, 9.17) is 9.15 Å². The van der Waals surface area contributed by atoms with Crippen LogP contribution >= 0.6 is 0 Å². The van der Waals surface area contributed by atoms with Crippen LogP contribution < -0.4 is 4.74 Å². The van der Waals surface area contributed by atoms with Crippen LogP contribution in [0.5, 0.6) is 5.75 Å². The molecule has 2 aromatic carbocycles. The zero-order chi connectivity index (χ0) is 22.3. The van der Waals surface area contributed by atoms with E-state index in [1.165, 1.54) is 0 Å². The average Bonchev–Trinajstić information content (AvgIpc) is 3.53. The number of carbonyl (C=O) groups is 1. The molecule has 32 heavy (non-hydrogen) atoms. The number of carbonyl (C=O) groups excluding carboxylic acids is 1. The van der Waals surface area contributed by atoms with Crippen molar-refractivity contribution in [3.8, 4) is 16.9 Å². The molecule has 2 aromatic heterocycles. The predicted octanol–water partition coefficient (Wildman–Crippen LogP) is 5.27. The zero-order valence-electron chi connectivity index (χ0n) is 18.3. The van der Waals surface area contributed by atoms with E-state index in [0.29, 0.717) is 5.69 Å². The molecule has 4 aromatic rings. The zero-order valence-corrected chi connectivity index (χ0v) is 18.3. The van der Waals surface area contributed by atoms with Gasteiger partial charge in [-0.1, -0.05) is 42.5 Å². The summed E-state index contributed by atoms with van der Waals surface area (Å²) in [6.45, 7) is 2.26. The lowest BCUT2D eigenvalue weighted by atomic mass is 10.1. The van der Waals surface area contributed by atoms with Crippen molar-refractivity contribution in [1.29, 1.82) is 0 Å². The Kier molecular flexibility index (Phi) is 6.70. The summed E-state index contributed by atoms with van der Waals surface area (Å²) in [5.74, 6) is 1.57. The van der Waals surface area contributed by atoms with E-state index in [2.05, 4.69) is 17.2 Å². The molecule has 6 nitrogen and oxygen atoms in total. The maximum atomic E-state index is 12.8. The Hall–Kier alpha value is -3.80. The molecule has 6 heteroatoms. The lowest BCUT2D eigenvalue weighted by molar-refractivity contribution is 0.0728. The number of ether oxygens (including phenoxy) is 1. The molecular weight excluding hydrogens is 402 g/mol. The summed E-state index contributed by atoms with van der Waals surface area (Å²) in [6, 6.07) is 23.7. The molecule has 0 saturated carbocycles. The summed E-state index contributed by atoms with van der Waals surface area (Å²) in [5.41, 5.74) is 2.70. The van der Waals surface area contributed by atoms with Gasteiger partial charge in [0, 0.05) is 25.7 Å². The van der Waals surface area contributed by atoms with Gasteiger partial charge in [-0.25, -0.2) is 4.68 Å². The lowest BCUT2D eigenvalue weighted by Gasteiger charge is -2.23. The molecule has 0 aliphatic heterocycles. The third-order valence-corrected chi connectivity index (χ3v) is 5.55. The minimum absolute atomic E-state index is 0.0668. The van der Waals surface area contributed by atoms with E-state index in [1.54, 1.807) is 35.2 Å². The second-order valence-corrected chi connectivity index (χ2v) is 7.79. The van der Waals surface area contributed by atoms with Crippen LogP contribution in [0.1, 0.15) is 29.6 Å². The Bertz CT molecular complexity index is 1120. The Morgan fingerprint density at radius 1 is 1.03 bits per heavy atom. The summed E-state index contributed by atoms with van der Waals surface area (Å²) in [7, 11) is 1.80. The topological polar surface area (TPSA) is 60.5 Å². The molecule has 2 heterocycles. The van der Waals surface area contributed by atoms with Crippen molar-refractivity contribution in [2.45, 2.75) is 32.5 Å². The maximum absolute atomic E-state index is 12.8. The van der Waals surface area contributed by atoms with Crippen LogP contribution in [0.2, 0.25) is 0 Å². The normalized spacial score (nSPS) is 11.8. The smallest absolute Gasteiger partial charge is 0.274 e. The van der Waals surface area contributed by atoms with Gasteiger partial charge in [-0.2, -0.15) is 5.10 Å². The molecular formula is C26H27N3O3. The number of rotatable bonds is 9. The van der Waals surface area contributed by atoms with Crippen molar-refractivity contribution in [1.82, 2.24) is 14.7 Å². The quantitative estimate of drug-likeness (QED) is 0.364. The van der Waals surface area contributed by atoms with Gasteiger partial charge in [0.05, 0.1) is 6.26 Å². The highest BCUT2D eigenvalue weighted by molar-refractivity contribution is 5.92. The van der Waals surface area contributed by atoms with E-state index in [-0.39, 0.29) is 18.7 Å². The molecule has 1 unspecified atom stereocenters. The highest BCUT2D eigenvalue weighted by atomic mass is 16.5. The van der Waals surface area contributed by atoms with E-state index < -0.39 is 0 Å². The minimum atomic E-state index is -0.108. The summed E-state index contributed by atoms with van der Waals surface area (Å²) in [4.78, 5) is 14.5. The van der Waals surface area contributed by atoms with Crippen LogP contribution in [0.4, 0.5) is 0 Å². The standard InChI is InChI=1S/C26H27N3O3/c1-20(10-13-23-9-6-18-31-23)28(2)26(30)25-16-17-29(27-25)19-32-24-14-11-22(12-15-24)21-7-4-3-5-8-21/h3-9,11-12,14-18,20H,10,13,19H2,1-2H3. The SMILES string of the molecule is CC(CCc1ccco1)N(C)C(=O)c1ccn(COc2ccc(-c3ccccc3)cc2)n1. The molecule has 0 spiro atoms. The number of aromatic nitrogens is 2. The summed E-state index contributed by atoms with van der Waals surface area (Å²) < 4.78 is 12.8. The van der Waals surface area contributed by atoms with Crippen LogP contribution in [0.25, 0.3) is 11.1 Å². The van der Waals surface area contributed by atoms with E-state index in [1.807, 2.05) is 61.5 Å². The molecule has 0 N–H and O–H groups in total. The van der Waals surface area contributed by atoms with Crippen LogP contribution in [-0.4, -0.2) is 33.7 Å². The Morgan fingerprint density at radius 2 is 1.78 bits per heavy atom. The van der Waals surface area contributed by atoms with Gasteiger partial charge in [-0.05, 0) is 54.8 Å². The van der Waals surface area contributed by atoms with Crippen molar-refractivity contribution < 1.29 is 13.9 Å². The molecule has 0 radical (unpaired) electrons. The van der Waals surface area contributed by atoms with Crippen molar-refractivity contribution in [2.24, 2.45) is 0 Å². The first-order chi connectivity index (χ1) is 15.6. The average molecular weight is 430 g/mol. The molecule has 4 rings (SSSR count). The fourth-order valence-electron chi connectivity index (χ4n) is 3.44. The van der Waals surface area contributed by atoms with E-state index in [0.717, 1.165) is 35.5 Å². The van der Waals surface area contributed by atoms with Gasteiger partial charge in [0.2, 0.25) is 0 Å². The van der Waals surface area contributed by atoms with Gasteiger partial charge in [0.1, 0.15) is 11.5 Å². The number of amides is 1. The van der Waals surface area contributed by atoms with Crippen molar-refractivity contribution >= 4 is 5.91 Å². The third kappa shape index (κ3) is 5.27. The van der Waals surface area contributed by atoms with Crippen molar-refractivity contribution in [3.05, 3.63) is 96.7 Å². The van der Waals surface area contributed by atoms with Crippen LogP contribution in [0, 0.1) is 0 Å². The molecule has 0 bridgehead atoms. The van der Waals surface area contributed by atoms with E-state index >= 15 is 0 Å². The Balaban J connectivity index is 1.29. The Morgan fingerprint density at radius 3 is 2.50 bits per heavy atom. The van der Waals surface area contributed by atoms with Gasteiger partial charge in [0.25, 0.3) is 5.91 Å². The first-order valence-corrected chi connectivity index (χ1v) is 10.7. The fraction of sp³-hybridized carbons (Fsp3) is 0.231. The predicted molar refractivity (Wildman–Crippen MR) is 123 cm³/mol. The molecule has 0 aliphatic carbocycles. The largest absolute Gasteiger partial charge is 0.471 e. The number of benzene rings is 2. The van der Waals surface area contributed by atoms with Gasteiger partial charge < -0.3 is 14.1 Å². The van der Waals surface area contributed by atoms with Crippen LogP contribution in [-0.2, 0) is 13.2 Å². The molecule has 164 valence electrons. The van der Waals surface area contributed by atoms with Gasteiger partial charge in [-0.3, -0.25) is 4.79 Å². The first kappa shape index (κ1) is 21.4. The maximum Gasteiger partial charge on any atom is 0.274 e. The first-order valence-electron chi connectivity index (χ1n) is 10.7. The van der Waals surface area contributed by atoms with Crippen LogP contribution in [0.3, 0.4) is 0 Å². The minimum Gasteiger partial charge on any atom is -0.471 e. The number of aryl methyl sites for hydroxylation is 1. The highest BCUT2D eigenvalue weighted by Gasteiger charge is 2.20. The monoisotopic (exact) mass is 429 g/mol. The van der Waals surface area contributed by atoms with Crippen molar-refractivity contribution in [3.63, 3.8) is 0 Å². The number of furan rings is 1.